The normalized spacial score (nSPS) is 11.2. The molecule has 0 aliphatic rings. The summed E-state index contributed by atoms with van der Waals surface area (Å²) in [6.07, 6.45) is 3.46. The van der Waals surface area contributed by atoms with Gasteiger partial charge in [0, 0.05) is 23.6 Å². The number of nitrogens with zero attached hydrogens (tertiary/aromatic N) is 2. The highest BCUT2D eigenvalue weighted by Crippen LogP contribution is 2.14. The SMILES string of the molecule is Cc1cccc(C(=O)NC(=NCc2ccncc2)Nc2ccc(C)c(C)c2)c1. The zero-order chi connectivity index (χ0) is 19.9. The molecule has 0 radical (unpaired) electrons. The zero-order valence-electron chi connectivity index (χ0n) is 16.4. The van der Waals surface area contributed by atoms with Crippen molar-refractivity contribution in [3.8, 4) is 0 Å². The van der Waals surface area contributed by atoms with Crippen LogP contribution in [0.5, 0.6) is 0 Å². The molecule has 0 unspecified atom stereocenters. The van der Waals surface area contributed by atoms with Crippen LogP contribution >= 0.6 is 0 Å². The summed E-state index contributed by atoms with van der Waals surface area (Å²) < 4.78 is 0. The summed E-state index contributed by atoms with van der Waals surface area (Å²) in [5, 5.41) is 6.13. The number of pyridine rings is 1. The van der Waals surface area contributed by atoms with Crippen LogP contribution in [-0.2, 0) is 6.54 Å². The first-order valence-electron chi connectivity index (χ1n) is 9.17. The van der Waals surface area contributed by atoms with Gasteiger partial charge in [0.05, 0.1) is 6.54 Å². The van der Waals surface area contributed by atoms with Crippen molar-refractivity contribution in [2.45, 2.75) is 27.3 Å². The maximum Gasteiger partial charge on any atom is 0.257 e. The fourth-order valence-corrected chi connectivity index (χ4v) is 2.69. The summed E-state index contributed by atoms with van der Waals surface area (Å²) in [7, 11) is 0. The van der Waals surface area contributed by atoms with E-state index in [1.165, 1.54) is 11.1 Å². The number of anilines is 1. The summed E-state index contributed by atoms with van der Waals surface area (Å²) in [6.45, 7) is 6.52. The number of rotatable bonds is 4. The first-order valence-corrected chi connectivity index (χ1v) is 9.17. The average molecular weight is 372 g/mol. The lowest BCUT2D eigenvalue weighted by atomic mass is 10.1. The minimum absolute atomic E-state index is 0.200. The van der Waals surface area contributed by atoms with Gasteiger partial charge in [-0.15, -0.1) is 0 Å². The van der Waals surface area contributed by atoms with Gasteiger partial charge in [-0.25, -0.2) is 4.99 Å². The Balaban J connectivity index is 1.82. The highest BCUT2D eigenvalue weighted by atomic mass is 16.1. The lowest BCUT2D eigenvalue weighted by Gasteiger charge is -2.13. The molecule has 0 saturated carbocycles. The van der Waals surface area contributed by atoms with Crippen LogP contribution in [-0.4, -0.2) is 16.9 Å². The summed E-state index contributed by atoms with van der Waals surface area (Å²) >= 11 is 0. The van der Waals surface area contributed by atoms with Gasteiger partial charge in [0.15, 0.2) is 0 Å². The van der Waals surface area contributed by atoms with E-state index in [2.05, 4.69) is 34.5 Å². The van der Waals surface area contributed by atoms with Crippen molar-refractivity contribution in [2.75, 3.05) is 5.32 Å². The number of amides is 1. The van der Waals surface area contributed by atoms with Crippen molar-refractivity contribution in [3.63, 3.8) is 0 Å². The summed E-state index contributed by atoms with van der Waals surface area (Å²) in [6, 6.07) is 17.3. The molecule has 0 bridgehead atoms. The Morgan fingerprint density at radius 3 is 2.46 bits per heavy atom. The maximum atomic E-state index is 12.7. The second-order valence-corrected chi connectivity index (χ2v) is 6.77. The number of aromatic nitrogens is 1. The molecule has 2 aromatic carbocycles. The van der Waals surface area contributed by atoms with E-state index in [1.807, 2.05) is 55.5 Å². The van der Waals surface area contributed by atoms with E-state index in [4.69, 9.17) is 0 Å². The van der Waals surface area contributed by atoms with E-state index in [-0.39, 0.29) is 5.91 Å². The van der Waals surface area contributed by atoms with Crippen molar-refractivity contribution in [2.24, 2.45) is 4.99 Å². The van der Waals surface area contributed by atoms with Crippen LogP contribution in [0.3, 0.4) is 0 Å². The molecule has 28 heavy (non-hydrogen) atoms. The minimum Gasteiger partial charge on any atom is -0.326 e. The van der Waals surface area contributed by atoms with Crippen LogP contribution in [0.25, 0.3) is 0 Å². The molecule has 5 nitrogen and oxygen atoms in total. The van der Waals surface area contributed by atoms with E-state index in [9.17, 15) is 4.79 Å². The van der Waals surface area contributed by atoms with Gasteiger partial charge >= 0.3 is 0 Å². The highest BCUT2D eigenvalue weighted by molar-refractivity contribution is 6.10. The average Bonchev–Trinajstić information content (AvgIpc) is 2.69. The van der Waals surface area contributed by atoms with E-state index in [1.54, 1.807) is 18.5 Å². The number of carbonyl (C=O) groups is 1. The summed E-state index contributed by atoms with van der Waals surface area (Å²) in [5.74, 6) is 0.208. The van der Waals surface area contributed by atoms with Crippen molar-refractivity contribution in [3.05, 3.63) is 94.8 Å². The van der Waals surface area contributed by atoms with Crippen LogP contribution in [0.4, 0.5) is 5.69 Å². The molecule has 3 rings (SSSR count). The number of guanidine groups is 1. The topological polar surface area (TPSA) is 66.4 Å². The van der Waals surface area contributed by atoms with Crippen LogP contribution in [0, 0.1) is 20.8 Å². The Hall–Kier alpha value is -3.47. The molecule has 0 spiro atoms. The molecular formula is C23H24N4O. The van der Waals surface area contributed by atoms with Gasteiger partial charge in [-0.05, 0) is 73.9 Å². The van der Waals surface area contributed by atoms with Gasteiger partial charge in [0.25, 0.3) is 5.91 Å². The van der Waals surface area contributed by atoms with Crippen molar-refractivity contribution in [1.29, 1.82) is 0 Å². The fraction of sp³-hybridized carbons (Fsp3) is 0.174. The molecule has 0 fully saturated rings. The lowest BCUT2D eigenvalue weighted by Crippen LogP contribution is -2.36. The standard InChI is InChI=1S/C23H24N4O/c1-16-5-4-6-20(13-16)22(28)27-23(25-15-19-9-11-24-12-10-19)26-21-8-7-17(2)18(3)14-21/h4-14H,15H2,1-3H3,(H2,25,26,27,28). The van der Waals surface area contributed by atoms with Crippen LogP contribution < -0.4 is 10.6 Å². The Morgan fingerprint density at radius 1 is 0.964 bits per heavy atom. The van der Waals surface area contributed by atoms with E-state index < -0.39 is 0 Å². The van der Waals surface area contributed by atoms with Crippen molar-refractivity contribution >= 4 is 17.6 Å². The molecule has 0 atom stereocenters. The number of carbonyl (C=O) groups excluding carboxylic acids is 1. The van der Waals surface area contributed by atoms with Gasteiger partial charge in [-0.1, -0.05) is 23.8 Å². The predicted molar refractivity (Wildman–Crippen MR) is 114 cm³/mol. The van der Waals surface area contributed by atoms with Gasteiger partial charge in [-0.2, -0.15) is 0 Å². The Labute approximate surface area is 165 Å². The summed E-state index contributed by atoms with van der Waals surface area (Å²) in [5.41, 5.74) is 5.90. The predicted octanol–water partition coefficient (Wildman–Crippen LogP) is 4.40. The van der Waals surface area contributed by atoms with Gasteiger partial charge in [0.2, 0.25) is 5.96 Å². The number of benzene rings is 2. The van der Waals surface area contributed by atoms with Crippen molar-refractivity contribution in [1.82, 2.24) is 10.3 Å². The summed E-state index contributed by atoms with van der Waals surface area (Å²) in [4.78, 5) is 21.3. The number of aryl methyl sites for hydroxylation is 3. The van der Waals surface area contributed by atoms with Gasteiger partial charge < -0.3 is 5.32 Å². The molecule has 1 heterocycles. The molecule has 0 aliphatic carbocycles. The Bertz CT molecular complexity index is 996. The fourth-order valence-electron chi connectivity index (χ4n) is 2.69. The quantitative estimate of drug-likeness (QED) is 0.527. The third-order valence-electron chi connectivity index (χ3n) is 4.45. The Morgan fingerprint density at radius 2 is 1.75 bits per heavy atom. The first-order chi connectivity index (χ1) is 13.5. The second-order valence-electron chi connectivity index (χ2n) is 6.77. The molecule has 0 aliphatic heterocycles. The monoisotopic (exact) mass is 372 g/mol. The maximum absolute atomic E-state index is 12.7. The van der Waals surface area contributed by atoms with Crippen LogP contribution in [0.2, 0.25) is 0 Å². The van der Waals surface area contributed by atoms with E-state index >= 15 is 0 Å². The van der Waals surface area contributed by atoms with Crippen molar-refractivity contribution < 1.29 is 4.79 Å². The van der Waals surface area contributed by atoms with E-state index in [0.717, 1.165) is 16.8 Å². The molecular weight excluding hydrogens is 348 g/mol. The number of aliphatic imine (C=N–C) groups is 1. The number of nitrogens with one attached hydrogen (secondary N) is 2. The molecule has 142 valence electrons. The first kappa shape index (κ1) is 19.3. The van der Waals surface area contributed by atoms with Gasteiger partial charge in [-0.3, -0.25) is 15.1 Å². The van der Waals surface area contributed by atoms with Crippen LogP contribution in [0.1, 0.15) is 32.6 Å². The molecule has 0 saturated heterocycles. The second kappa shape index (κ2) is 8.95. The van der Waals surface area contributed by atoms with Gasteiger partial charge in [0.1, 0.15) is 0 Å². The van der Waals surface area contributed by atoms with Crippen LogP contribution in [0.15, 0.2) is 72.0 Å². The zero-order valence-corrected chi connectivity index (χ0v) is 16.4. The highest BCUT2D eigenvalue weighted by Gasteiger charge is 2.10. The molecule has 5 heteroatoms. The number of hydrogen-bond donors (Lipinski definition) is 2. The lowest BCUT2D eigenvalue weighted by molar-refractivity contribution is 0.0977. The third-order valence-corrected chi connectivity index (χ3v) is 4.45. The third kappa shape index (κ3) is 5.27. The largest absolute Gasteiger partial charge is 0.326 e. The molecule has 1 amide bonds. The molecule has 1 aromatic heterocycles. The molecule has 3 aromatic rings. The minimum atomic E-state index is -0.200. The Kier molecular flexibility index (Phi) is 6.17. The molecule has 2 N–H and O–H groups in total. The van der Waals surface area contributed by atoms with E-state index in [0.29, 0.717) is 18.1 Å². The smallest absolute Gasteiger partial charge is 0.257 e. The number of hydrogen-bond acceptors (Lipinski definition) is 3.